The molecule has 1 saturated heterocycles. The second-order valence-corrected chi connectivity index (χ2v) is 4.44. The van der Waals surface area contributed by atoms with Crippen LogP contribution in [-0.4, -0.2) is 53.5 Å². The van der Waals surface area contributed by atoms with E-state index in [0.29, 0.717) is 18.5 Å². The summed E-state index contributed by atoms with van der Waals surface area (Å²) in [5.41, 5.74) is 0. The molecule has 0 spiro atoms. The molecule has 0 radical (unpaired) electrons. The first-order chi connectivity index (χ1) is 8.78. The van der Waals surface area contributed by atoms with Crippen molar-refractivity contribution in [3.63, 3.8) is 0 Å². The normalized spacial score (nSPS) is 17.4. The second kappa shape index (κ2) is 6.30. The quantitative estimate of drug-likeness (QED) is 0.792. The second-order valence-electron chi connectivity index (χ2n) is 4.44. The highest BCUT2D eigenvalue weighted by atomic mass is 16.1. The molecular formula is C12H19N5O. The van der Waals surface area contributed by atoms with E-state index >= 15 is 0 Å². The van der Waals surface area contributed by atoms with Gasteiger partial charge in [-0.1, -0.05) is 0 Å². The van der Waals surface area contributed by atoms with Crippen molar-refractivity contribution in [2.75, 3.05) is 32.0 Å². The molecule has 1 aliphatic rings. The molecule has 2 rings (SSSR count). The molecule has 6 heteroatoms. The van der Waals surface area contributed by atoms with Crippen LogP contribution in [0.1, 0.15) is 12.8 Å². The van der Waals surface area contributed by atoms with Crippen LogP contribution in [0.3, 0.4) is 0 Å². The fourth-order valence-corrected chi connectivity index (χ4v) is 2.07. The Bertz CT molecular complexity index is 375. The summed E-state index contributed by atoms with van der Waals surface area (Å²) in [6.45, 7) is 2.35. The number of anilines is 1. The van der Waals surface area contributed by atoms with Crippen LogP contribution in [-0.2, 0) is 4.79 Å². The molecule has 0 atom stereocenters. The van der Waals surface area contributed by atoms with Gasteiger partial charge in [0.15, 0.2) is 0 Å². The minimum Gasteiger partial charge on any atom is -0.358 e. The molecule has 0 aromatic carbocycles. The van der Waals surface area contributed by atoms with Gasteiger partial charge in [0.1, 0.15) is 0 Å². The smallest absolute Gasteiger partial charge is 0.233 e. The average molecular weight is 249 g/mol. The summed E-state index contributed by atoms with van der Waals surface area (Å²) < 4.78 is 0. The Hall–Kier alpha value is -1.69. The molecule has 1 fully saturated rings. The first kappa shape index (κ1) is 12.8. The predicted octanol–water partition coefficient (Wildman–Crippen LogP) is 0.0989. The largest absolute Gasteiger partial charge is 0.358 e. The number of hydrogen-bond donors (Lipinski definition) is 2. The number of piperidine rings is 1. The van der Waals surface area contributed by atoms with Crippen molar-refractivity contribution >= 4 is 11.9 Å². The molecule has 18 heavy (non-hydrogen) atoms. The summed E-state index contributed by atoms with van der Waals surface area (Å²) in [5.74, 6) is 0.759. The summed E-state index contributed by atoms with van der Waals surface area (Å²) >= 11 is 0. The van der Waals surface area contributed by atoms with Gasteiger partial charge < -0.3 is 10.6 Å². The minimum absolute atomic E-state index is 0.0767. The molecule has 2 heterocycles. The third kappa shape index (κ3) is 3.66. The van der Waals surface area contributed by atoms with Crippen molar-refractivity contribution in [2.24, 2.45) is 0 Å². The topological polar surface area (TPSA) is 70.2 Å². The van der Waals surface area contributed by atoms with Crippen molar-refractivity contribution in [3.05, 3.63) is 18.5 Å². The predicted molar refractivity (Wildman–Crippen MR) is 69.2 cm³/mol. The summed E-state index contributed by atoms with van der Waals surface area (Å²) in [4.78, 5) is 21.7. The Morgan fingerprint density at radius 1 is 1.39 bits per heavy atom. The van der Waals surface area contributed by atoms with Gasteiger partial charge in [-0.15, -0.1) is 0 Å². The van der Waals surface area contributed by atoms with Gasteiger partial charge in [-0.25, -0.2) is 9.97 Å². The standard InChI is InChI=1S/C12H19N5O/c1-13-11(18)9-17-7-3-10(4-8-17)16-12-14-5-2-6-15-12/h2,5-6,10H,3-4,7-9H2,1H3,(H,13,18)(H,14,15,16). The van der Waals surface area contributed by atoms with Crippen LogP contribution in [0, 0.1) is 0 Å². The number of nitrogens with one attached hydrogen (secondary N) is 2. The fourth-order valence-electron chi connectivity index (χ4n) is 2.07. The molecule has 0 aliphatic carbocycles. The van der Waals surface area contributed by atoms with Crippen molar-refractivity contribution in [2.45, 2.75) is 18.9 Å². The maximum atomic E-state index is 11.3. The summed E-state index contributed by atoms with van der Waals surface area (Å²) in [6.07, 6.45) is 5.48. The lowest BCUT2D eigenvalue weighted by molar-refractivity contribution is -0.122. The van der Waals surface area contributed by atoms with Gasteiger partial charge in [0.25, 0.3) is 0 Å². The first-order valence-electron chi connectivity index (χ1n) is 6.24. The van der Waals surface area contributed by atoms with Crippen LogP contribution in [0.15, 0.2) is 18.5 Å². The van der Waals surface area contributed by atoms with Crippen molar-refractivity contribution in [3.8, 4) is 0 Å². The van der Waals surface area contributed by atoms with Gasteiger partial charge in [-0.05, 0) is 18.9 Å². The van der Waals surface area contributed by atoms with E-state index in [1.165, 1.54) is 0 Å². The number of amides is 1. The number of likely N-dealkylation sites (N-methyl/N-ethyl adjacent to an activating group) is 1. The van der Waals surface area contributed by atoms with Crippen LogP contribution in [0.25, 0.3) is 0 Å². The fraction of sp³-hybridized carbons (Fsp3) is 0.583. The monoisotopic (exact) mass is 249 g/mol. The summed E-state index contributed by atoms with van der Waals surface area (Å²) in [7, 11) is 1.67. The highest BCUT2D eigenvalue weighted by Gasteiger charge is 2.20. The molecule has 0 bridgehead atoms. The number of likely N-dealkylation sites (tertiary alicyclic amines) is 1. The van der Waals surface area contributed by atoms with Crippen LogP contribution < -0.4 is 10.6 Å². The Balaban J connectivity index is 1.75. The first-order valence-corrected chi connectivity index (χ1v) is 6.24. The molecule has 0 unspecified atom stereocenters. The van der Waals surface area contributed by atoms with Crippen molar-refractivity contribution in [1.82, 2.24) is 20.2 Å². The third-order valence-corrected chi connectivity index (χ3v) is 3.13. The number of nitrogens with zero attached hydrogens (tertiary/aromatic N) is 3. The van der Waals surface area contributed by atoms with E-state index in [9.17, 15) is 4.79 Å². The number of rotatable bonds is 4. The molecule has 2 N–H and O–H groups in total. The van der Waals surface area contributed by atoms with Crippen LogP contribution in [0.2, 0.25) is 0 Å². The molecule has 98 valence electrons. The van der Waals surface area contributed by atoms with E-state index in [4.69, 9.17) is 0 Å². The van der Waals surface area contributed by atoms with Crippen LogP contribution >= 0.6 is 0 Å². The third-order valence-electron chi connectivity index (χ3n) is 3.13. The van der Waals surface area contributed by atoms with Crippen LogP contribution in [0.5, 0.6) is 0 Å². The molecule has 1 aromatic heterocycles. The SMILES string of the molecule is CNC(=O)CN1CCC(Nc2ncccn2)CC1. The summed E-state index contributed by atoms with van der Waals surface area (Å²) in [6, 6.07) is 2.20. The van der Waals surface area contributed by atoms with E-state index in [2.05, 4.69) is 25.5 Å². The lowest BCUT2D eigenvalue weighted by Crippen LogP contribution is -2.43. The Labute approximate surface area is 107 Å². The lowest BCUT2D eigenvalue weighted by atomic mass is 10.1. The van der Waals surface area contributed by atoms with Crippen LogP contribution in [0.4, 0.5) is 5.95 Å². The van der Waals surface area contributed by atoms with E-state index in [-0.39, 0.29) is 5.91 Å². The van der Waals surface area contributed by atoms with Gasteiger partial charge in [0.05, 0.1) is 6.54 Å². The number of hydrogen-bond acceptors (Lipinski definition) is 5. The number of carbonyl (C=O) groups is 1. The zero-order valence-electron chi connectivity index (χ0n) is 10.6. The van der Waals surface area contributed by atoms with Gasteiger partial charge in [-0.3, -0.25) is 9.69 Å². The molecular weight excluding hydrogens is 230 g/mol. The number of carbonyl (C=O) groups excluding carboxylic acids is 1. The maximum absolute atomic E-state index is 11.3. The molecule has 6 nitrogen and oxygen atoms in total. The minimum atomic E-state index is 0.0767. The molecule has 1 amide bonds. The van der Waals surface area contributed by atoms with Crippen molar-refractivity contribution in [1.29, 1.82) is 0 Å². The maximum Gasteiger partial charge on any atom is 0.233 e. The van der Waals surface area contributed by atoms with Gasteiger partial charge in [-0.2, -0.15) is 0 Å². The molecule has 1 aliphatic heterocycles. The lowest BCUT2D eigenvalue weighted by Gasteiger charge is -2.31. The van der Waals surface area contributed by atoms with Gasteiger partial charge in [0.2, 0.25) is 11.9 Å². The Morgan fingerprint density at radius 2 is 2.06 bits per heavy atom. The highest BCUT2D eigenvalue weighted by Crippen LogP contribution is 2.13. The molecule has 0 saturated carbocycles. The van der Waals surface area contributed by atoms with Crippen molar-refractivity contribution < 1.29 is 4.79 Å². The zero-order chi connectivity index (χ0) is 12.8. The van der Waals surface area contributed by atoms with E-state index in [0.717, 1.165) is 25.9 Å². The van der Waals surface area contributed by atoms with E-state index in [1.807, 2.05) is 0 Å². The number of aromatic nitrogens is 2. The van der Waals surface area contributed by atoms with E-state index < -0.39 is 0 Å². The van der Waals surface area contributed by atoms with E-state index in [1.54, 1.807) is 25.5 Å². The van der Waals surface area contributed by atoms with Gasteiger partial charge in [0, 0.05) is 38.6 Å². The average Bonchev–Trinajstić information content (AvgIpc) is 2.42. The molecule has 1 aromatic rings. The summed E-state index contributed by atoms with van der Waals surface area (Å²) in [5, 5.41) is 5.97. The Kier molecular flexibility index (Phi) is 4.46. The highest BCUT2D eigenvalue weighted by molar-refractivity contribution is 5.77. The Morgan fingerprint density at radius 3 is 2.67 bits per heavy atom. The zero-order valence-corrected chi connectivity index (χ0v) is 10.6. The van der Waals surface area contributed by atoms with Gasteiger partial charge >= 0.3 is 0 Å².